The van der Waals surface area contributed by atoms with Crippen LogP contribution < -0.4 is 4.74 Å². The van der Waals surface area contributed by atoms with E-state index in [1.807, 2.05) is 12.1 Å². The molecule has 4 nitrogen and oxygen atoms in total. The smallest absolute Gasteiger partial charge is 0.304 e. The predicted octanol–water partition coefficient (Wildman–Crippen LogP) is 1.60. The fourth-order valence-electron chi connectivity index (χ4n) is 1.86. The number of rotatable bonds is 4. The summed E-state index contributed by atoms with van der Waals surface area (Å²) in [5.41, 5.74) is 0.860. The van der Waals surface area contributed by atoms with Gasteiger partial charge in [-0.1, -0.05) is 0 Å². The summed E-state index contributed by atoms with van der Waals surface area (Å²) in [6.07, 6.45) is 3.73. The quantitative estimate of drug-likeness (QED) is 0.814. The van der Waals surface area contributed by atoms with Gasteiger partial charge in [-0.3, -0.25) is 4.79 Å². The van der Waals surface area contributed by atoms with E-state index in [1.165, 1.54) is 0 Å². The SMILES string of the molecule is COc1cc(C2(CC(=O)O)CC2)ccn1. The number of hydrogen-bond acceptors (Lipinski definition) is 3. The van der Waals surface area contributed by atoms with Crippen molar-refractivity contribution in [3.05, 3.63) is 23.9 Å². The summed E-state index contributed by atoms with van der Waals surface area (Å²) < 4.78 is 5.02. The monoisotopic (exact) mass is 207 g/mol. The van der Waals surface area contributed by atoms with Crippen LogP contribution in [0, 0.1) is 0 Å². The Morgan fingerprint density at radius 1 is 1.67 bits per heavy atom. The first-order chi connectivity index (χ1) is 7.16. The van der Waals surface area contributed by atoms with Crippen LogP contribution in [0.5, 0.6) is 5.88 Å². The molecule has 1 aromatic heterocycles. The molecule has 1 aliphatic rings. The Kier molecular flexibility index (Phi) is 2.34. The zero-order valence-electron chi connectivity index (χ0n) is 8.56. The standard InChI is InChI=1S/C11H13NO3/c1-15-9-6-8(2-5-12-9)11(3-4-11)7-10(13)14/h2,5-6H,3-4,7H2,1H3,(H,13,14). The molecule has 1 N–H and O–H groups in total. The van der Waals surface area contributed by atoms with Crippen LogP contribution in [0.4, 0.5) is 0 Å². The number of methoxy groups -OCH3 is 1. The number of nitrogens with zero attached hydrogens (tertiary/aromatic N) is 1. The third-order valence-corrected chi connectivity index (χ3v) is 2.90. The predicted molar refractivity (Wildman–Crippen MR) is 54.0 cm³/mol. The number of hydrogen-bond donors (Lipinski definition) is 1. The van der Waals surface area contributed by atoms with E-state index in [-0.39, 0.29) is 11.8 Å². The molecule has 0 unspecified atom stereocenters. The first-order valence-electron chi connectivity index (χ1n) is 4.89. The molecule has 4 heteroatoms. The topological polar surface area (TPSA) is 59.4 Å². The van der Waals surface area contributed by atoms with E-state index in [4.69, 9.17) is 9.84 Å². The van der Waals surface area contributed by atoms with Crippen molar-refractivity contribution in [1.29, 1.82) is 0 Å². The highest BCUT2D eigenvalue weighted by atomic mass is 16.5. The molecule has 80 valence electrons. The molecule has 0 saturated heterocycles. The van der Waals surface area contributed by atoms with Crippen LogP contribution in [0.15, 0.2) is 18.3 Å². The van der Waals surface area contributed by atoms with E-state index in [2.05, 4.69) is 4.98 Å². The van der Waals surface area contributed by atoms with Crippen molar-refractivity contribution in [2.75, 3.05) is 7.11 Å². The zero-order chi connectivity index (χ0) is 10.9. The van der Waals surface area contributed by atoms with Gasteiger partial charge in [0.2, 0.25) is 5.88 Å². The lowest BCUT2D eigenvalue weighted by Crippen LogP contribution is -2.13. The summed E-state index contributed by atoms with van der Waals surface area (Å²) in [5.74, 6) is -0.201. The highest BCUT2D eigenvalue weighted by molar-refractivity contribution is 5.70. The van der Waals surface area contributed by atoms with Crippen molar-refractivity contribution in [3.63, 3.8) is 0 Å². The largest absolute Gasteiger partial charge is 0.481 e. The summed E-state index contributed by atoms with van der Waals surface area (Å²) in [6, 6.07) is 3.70. The zero-order valence-corrected chi connectivity index (χ0v) is 8.56. The fraction of sp³-hybridized carbons (Fsp3) is 0.455. The average molecular weight is 207 g/mol. The normalized spacial score (nSPS) is 17.1. The van der Waals surface area contributed by atoms with Crippen molar-refractivity contribution in [1.82, 2.24) is 4.98 Å². The summed E-state index contributed by atoms with van der Waals surface area (Å²) in [5, 5.41) is 8.83. The molecule has 15 heavy (non-hydrogen) atoms. The second-order valence-corrected chi connectivity index (χ2v) is 3.94. The number of aromatic nitrogens is 1. The van der Waals surface area contributed by atoms with Gasteiger partial charge in [0.25, 0.3) is 0 Å². The summed E-state index contributed by atoms with van der Waals surface area (Å²) in [7, 11) is 1.56. The van der Waals surface area contributed by atoms with Crippen LogP contribution in [0.2, 0.25) is 0 Å². The van der Waals surface area contributed by atoms with Crippen molar-refractivity contribution in [2.24, 2.45) is 0 Å². The Morgan fingerprint density at radius 3 is 2.93 bits per heavy atom. The molecular weight excluding hydrogens is 194 g/mol. The maximum absolute atomic E-state index is 10.7. The third kappa shape index (κ3) is 1.93. The summed E-state index contributed by atoms with van der Waals surface area (Å²) >= 11 is 0. The van der Waals surface area contributed by atoms with Gasteiger partial charge in [0.05, 0.1) is 13.5 Å². The lowest BCUT2D eigenvalue weighted by atomic mass is 9.93. The van der Waals surface area contributed by atoms with Crippen LogP contribution in [0.25, 0.3) is 0 Å². The van der Waals surface area contributed by atoms with Crippen molar-refractivity contribution in [2.45, 2.75) is 24.7 Å². The molecule has 1 heterocycles. The highest BCUT2D eigenvalue weighted by Gasteiger charge is 2.46. The van der Waals surface area contributed by atoms with Crippen LogP contribution in [0.3, 0.4) is 0 Å². The van der Waals surface area contributed by atoms with Crippen molar-refractivity contribution >= 4 is 5.97 Å². The molecule has 0 atom stereocenters. The highest BCUT2D eigenvalue weighted by Crippen LogP contribution is 2.51. The van der Waals surface area contributed by atoms with Crippen LogP contribution >= 0.6 is 0 Å². The Labute approximate surface area is 87.9 Å². The first kappa shape index (κ1) is 9.96. The lowest BCUT2D eigenvalue weighted by molar-refractivity contribution is -0.137. The van der Waals surface area contributed by atoms with Gasteiger partial charge in [0.1, 0.15) is 0 Å². The minimum absolute atomic E-state index is 0.165. The van der Waals surface area contributed by atoms with E-state index in [0.717, 1.165) is 18.4 Å². The van der Waals surface area contributed by atoms with Crippen molar-refractivity contribution in [3.8, 4) is 5.88 Å². The minimum atomic E-state index is -0.747. The number of carboxylic acids is 1. The van der Waals surface area contributed by atoms with Crippen LogP contribution in [-0.4, -0.2) is 23.2 Å². The Balaban J connectivity index is 2.25. The molecule has 1 aliphatic carbocycles. The van der Waals surface area contributed by atoms with Crippen LogP contribution in [-0.2, 0) is 10.2 Å². The van der Waals surface area contributed by atoms with E-state index < -0.39 is 5.97 Å². The molecule has 0 amide bonds. The van der Waals surface area contributed by atoms with E-state index >= 15 is 0 Å². The van der Waals surface area contributed by atoms with E-state index in [1.54, 1.807) is 13.3 Å². The number of carboxylic acid groups (broad SMARTS) is 1. The maximum Gasteiger partial charge on any atom is 0.304 e. The molecule has 0 aromatic carbocycles. The second-order valence-electron chi connectivity index (χ2n) is 3.94. The molecule has 1 fully saturated rings. The Bertz CT molecular complexity index is 385. The van der Waals surface area contributed by atoms with Gasteiger partial charge >= 0.3 is 5.97 Å². The van der Waals surface area contributed by atoms with Gasteiger partial charge in [0.15, 0.2) is 0 Å². The molecule has 0 aliphatic heterocycles. The molecule has 1 aromatic rings. The van der Waals surface area contributed by atoms with Gasteiger partial charge in [0, 0.05) is 17.7 Å². The molecule has 0 radical (unpaired) electrons. The maximum atomic E-state index is 10.7. The number of carbonyl (C=O) groups is 1. The molecule has 2 rings (SSSR count). The van der Waals surface area contributed by atoms with E-state index in [9.17, 15) is 4.79 Å². The first-order valence-corrected chi connectivity index (χ1v) is 4.89. The number of pyridine rings is 1. The van der Waals surface area contributed by atoms with Gasteiger partial charge in [-0.05, 0) is 24.5 Å². The summed E-state index contributed by atoms with van der Waals surface area (Å²) in [4.78, 5) is 14.7. The fourth-order valence-corrected chi connectivity index (χ4v) is 1.86. The Morgan fingerprint density at radius 2 is 2.40 bits per heavy atom. The van der Waals surface area contributed by atoms with Crippen LogP contribution in [0.1, 0.15) is 24.8 Å². The molecule has 1 saturated carbocycles. The summed E-state index contributed by atoms with van der Waals surface area (Å²) in [6.45, 7) is 0. The second kappa shape index (κ2) is 3.53. The third-order valence-electron chi connectivity index (χ3n) is 2.90. The molecule has 0 bridgehead atoms. The molecule has 0 spiro atoms. The Hall–Kier alpha value is -1.58. The van der Waals surface area contributed by atoms with Gasteiger partial charge in [-0.2, -0.15) is 0 Å². The van der Waals surface area contributed by atoms with Gasteiger partial charge in [-0.15, -0.1) is 0 Å². The minimum Gasteiger partial charge on any atom is -0.481 e. The van der Waals surface area contributed by atoms with Gasteiger partial charge < -0.3 is 9.84 Å². The number of aliphatic carboxylic acids is 1. The van der Waals surface area contributed by atoms with Gasteiger partial charge in [-0.25, -0.2) is 4.98 Å². The number of ether oxygens (including phenoxy) is 1. The average Bonchev–Trinajstić information content (AvgIpc) is 2.98. The van der Waals surface area contributed by atoms with Crippen molar-refractivity contribution < 1.29 is 14.6 Å². The molecular formula is C11H13NO3. The van der Waals surface area contributed by atoms with E-state index in [0.29, 0.717) is 5.88 Å². The lowest BCUT2D eigenvalue weighted by Gasteiger charge is -2.13.